The Labute approximate surface area is 156 Å². The molecule has 142 valence electrons. The zero-order valence-corrected chi connectivity index (χ0v) is 15.4. The van der Waals surface area contributed by atoms with Crippen molar-refractivity contribution in [2.75, 3.05) is 31.2 Å². The molecule has 0 saturated carbocycles. The summed E-state index contributed by atoms with van der Waals surface area (Å²) in [5, 5.41) is 5.09. The first-order valence-corrected chi connectivity index (χ1v) is 10.1. The molecule has 0 unspecified atom stereocenters. The van der Waals surface area contributed by atoms with E-state index in [1.54, 1.807) is 11.1 Å². The maximum Gasteiger partial charge on any atom is 0.254 e. The molecule has 10 heteroatoms. The lowest BCUT2D eigenvalue weighted by molar-refractivity contribution is 0.0750. The molecule has 0 atom stereocenters. The number of sulfonamides is 1. The Morgan fingerprint density at radius 1 is 1.11 bits per heavy atom. The second-order valence-electron chi connectivity index (χ2n) is 6.47. The van der Waals surface area contributed by atoms with Gasteiger partial charge in [0.2, 0.25) is 16.0 Å². The Morgan fingerprint density at radius 3 is 2.48 bits per heavy atom. The lowest BCUT2D eigenvalue weighted by atomic mass is 10.2. The molecule has 1 fully saturated rings. The van der Waals surface area contributed by atoms with Gasteiger partial charge in [0.05, 0.1) is 30.3 Å². The number of anilines is 1. The monoisotopic (exact) mass is 389 g/mol. The molecule has 27 heavy (non-hydrogen) atoms. The number of morpholine rings is 1. The third-order valence-corrected chi connectivity index (χ3v) is 5.58. The van der Waals surface area contributed by atoms with Crippen LogP contribution in [0, 0.1) is 0 Å². The predicted molar refractivity (Wildman–Crippen MR) is 96.5 cm³/mol. The quantitative estimate of drug-likeness (QED) is 0.792. The average Bonchev–Trinajstić information content (AvgIpc) is 3.11. The van der Waals surface area contributed by atoms with Gasteiger partial charge in [-0.15, -0.1) is 0 Å². The standard InChI is InChI=1S/C17H19N5O4S/c18-27(24,25)14-3-1-12(2-4-14)16(23)22-10-13-9-19-17(20-15(13)11-22)21-5-7-26-8-6-21/h1-4,9H,5-8,10-11H2,(H2,18,24,25). The van der Waals surface area contributed by atoms with Gasteiger partial charge >= 0.3 is 0 Å². The Morgan fingerprint density at radius 2 is 1.81 bits per heavy atom. The molecule has 1 aromatic carbocycles. The summed E-state index contributed by atoms with van der Waals surface area (Å²) in [6.45, 7) is 3.62. The highest BCUT2D eigenvalue weighted by molar-refractivity contribution is 7.89. The maximum absolute atomic E-state index is 12.7. The van der Waals surface area contributed by atoms with E-state index in [0.29, 0.717) is 37.8 Å². The number of carbonyl (C=O) groups excluding carboxylic acids is 1. The molecule has 4 rings (SSSR count). The van der Waals surface area contributed by atoms with Crippen LogP contribution in [0.25, 0.3) is 0 Å². The van der Waals surface area contributed by atoms with Gasteiger partial charge in [-0.1, -0.05) is 0 Å². The highest BCUT2D eigenvalue weighted by Crippen LogP contribution is 2.24. The fraction of sp³-hybridized carbons (Fsp3) is 0.353. The summed E-state index contributed by atoms with van der Waals surface area (Å²) < 4.78 is 28.0. The normalized spacial score (nSPS) is 17.1. The number of nitrogens with two attached hydrogens (primary N) is 1. The maximum atomic E-state index is 12.7. The molecule has 2 N–H and O–H groups in total. The van der Waals surface area contributed by atoms with Crippen LogP contribution in [0.2, 0.25) is 0 Å². The first kappa shape index (κ1) is 17.8. The molecule has 1 aromatic heterocycles. The van der Waals surface area contributed by atoms with E-state index in [-0.39, 0.29) is 10.8 Å². The molecular formula is C17H19N5O4S. The molecule has 2 aromatic rings. The SMILES string of the molecule is NS(=O)(=O)c1ccc(C(=O)N2Cc3cnc(N4CCOCC4)nc3C2)cc1. The minimum Gasteiger partial charge on any atom is -0.378 e. The van der Waals surface area contributed by atoms with Crippen LogP contribution >= 0.6 is 0 Å². The Hall–Kier alpha value is -2.56. The summed E-state index contributed by atoms with van der Waals surface area (Å²) in [7, 11) is -3.78. The molecule has 2 aliphatic heterocycles. The van der Waals surface area contributed by atoms with Crippen molar-refractivity contribution in [1.82, 2.24) is 14.9 Å². The van der Waals surface area contributed by atoms with Crippen LogP contribution in [0.3, 0.4) is 0 Å². The third kappa shape index (κ3) is 3.64. The summed E-state index contributed by atoms with van der Waals surface area (Å²) in [5.41, 5.74) is 2.15. The van der Waals surface area contributed by atoms with E-state index in [1.165, 1.54) is 24.3 Å². The number of aromatic nitrogens is 2. The fourth-order valence-electron chi connectivity index (χ4n) is 3.17. The van der Waals surface area contributed by atoms with Crippen molar-refractivity contribution in [3.05, 3.63) is 47.3 Å². The van der Waals surface area contributed by atoms with Gasteiger partial charge in [0.15, 0.2) is 0 Å². The van der Waals surface area contributed by atoms with Gasteiger partial charge in [0.25, 0.3) is 5.91 Å². The Bertz CT molecular complexity index is 971. The number of benzene rings is 1. The minimum atomic E-state index is -3.78. The summed E-state index contributed by atoms with van der Waals surface area (Å²) in [6.07, 6.45) is 1.77. The van der Waals surface area contributed by atoms with E-state index in [4.69, 9.17) is 9.88 Å². The molecule has 1 saturated heterocycles. The van der Waals surface area contributed by atoms with Gasteiger partial charge in [0.1, 0.15) is 0 Å². The van der Waals surface area contributed by atoms with E-state index in [9.17, 15) is 13.2 Å². The molecule has 0 spiro atoms. The second-order valence-corrected chi connectivity index (χ2v) is 8.03. The number of amides is 1. The number of nitrogens with zero attached hydrogens (tertiary/aromatic N) is 4. The van der Waals surface area contributed by atoms with Crippen molar-refractivity contribution in [1.29, 1.82) is 0 Å². The molecule has 1 amide bonds. The number of carbonyl (C=O) groups is 1. The van der Waals surface area contributed by atoms with Crippen molar-refractivity contribution in [3.63, 3.8) is 0 Å². The first-order chi connectivity index (χ1) is 12.9. The molecule has 2 aliphatic rings. The number of primary sulfonamides is 1. The second kappa shape index (κ2) is 6.87. The third-order valence-electron chi connectivity index (χ3n) is 4.65. The Kier molecular flexibility index (Phi) is 4.54. The highest BCUT2D eigenvalue weighted by Gasteiger charge is 2.27. The first-order valence-electron chi connectivity index (χ1n) is 8.51. The van der Waals surface area contributed by atoms with Crippen molar-refractivity contribution in [3.8, 4) is 0 Å². The topological polar surface area (TPSA) is 119 Å². The van der Waals surface area contributed by atoms with Crippen LogP contribution in [0.15, 0.2) is 35.4 Å². The molecule has 0 radical (unpaired) electrons. The lowest BCUT2D eigenvalue weighted by Gasteiger charge is -2.26. The highest BCUT2D eigenvalue weighted by atomic mass is 32.2. The van der Waals surface area contributed by atoms with Gasteiger partial charge in [-0.05, 0) is 24.3 Å². The fourth-order valence-corrected chi connectivity index (χ4v) is 3.69. The molecule has 0 bridgehead atoms. The van der Waals surface area contributed by atoms with Gasteiger partial charge in [-0.2, -0.15) is 0 Å². The van der Waals surface area contributed by atoms with Gasteiger partial charge in [-0.3, -0.25) is 4.79 Å². The Balaban J connectivity index is 1.49. The molecule has 9 nitrogen and oxygen atoms in total. The number of hydrogen-bond acceptors (Lipinski definition) is 7. The minimum absolute atomic E-state index is 0.0234. The number of fused-ring (bicyclic) bond motifs is 1. The zero-order chi connectivity index (χ0) is 19.0. The van der Waals surface area contributed by atoms with Crippen molar-refractivity contribution in [2.45, 2.75) is 18.0 Å². The van der Waals surface area contributed by atoms with Gasteiger partial charge < -0.3 is 14.5 Å². The van der Waals surface area contributed by atoms with E-state index in [1.807, 2.05) is 0 Å². The summed E-state index contributed by atoms with van der Waals surface area (Å²) in [4.78, 5) is 25.5. The van der Waals surface area contributed by atoms with Gasteiger partial charge in [0, 0.05) is 37.0 Å². The predicted octanol–water partition coefficient (Wildman–Crippen LogP) is 0.117. The number of rotatable bonds is 3. The van der Waals surface area contributed by atoms with E-state index >= 15 is 0 Å². The van der Waals surface area contributed by atoms with E-state index in [0.717, 1.165) is 24.3 Å². The smallest absolute Gasteiger partial charge is 0.254 e. The molecule has 3 heterocycles. The van der Waals surface area contributed by atoms with Crippen LogP contribution in [0.4, 0.5) is 5.95 Å². The van der Waals surface area contributed by atoms with Crippen molar-refractivity contribution < 1.29 is 17.9 Å². The molecule has 0 aliphatic carbocycles. The van der Waals surface area contributed by atoms with E-state index in [2.05, 4.69) is 14.9 Å². The number of hydrogen-bond donors (Lipinski definition) is 1. The largest absolute Gasteiger partial charge is 0.378 e. The lowest BCUT2D eigenvalue weighted by Crippen LogP contribution is -2.37. The molecular weight excluding hydrogens is 370 g/mol. The van der Waals surface area contributed by atoms with Crippen molar-refractivity contribution in [2.24, 2.45) is 5.14 Å². The summed E-state index contributed by atoms with van der Waals surface area (Å²) in [6, 6.07) is 5.61. The van der Waals surface area contributed by atoms with Crippen molar-refractivity contribution >= 4 is 21.9 Å². The average molecular weight is 389 g/mol. The van der Waals surface area contributed by atoms with Crippen LogP contribution in [-0.4, -0.2) is 55.5 Å². The van der Waals surface area contributed by atoms with Crippen LogP contribution in [0.1, 0.15) is 21.6 Å². The summed E-state index contributed by atoms with van der Waals surface area (Å²) >= 11 is 0. The number of ether oxygens (including phenoxy) is 1. The van der Waals surface area contributed by atoms with E-state index < -0.39 is 10.0 Å². The zero-order valence-electron chi connectivity index (χ0n) is 14.5. The van der Waals surface area contributed by atoms with Crippen LogP contribution in [-0.2, 0) is 27.8 Å². The van der Waals surface area contributed by atoms with Gasteiger partial charge in [-0.25, -0.2) is 23.5 Å². The summed E-state index contributed by atoms with van der Waals surface area (Å²) in [5.74, 6) is 0.464. The van der Waals surface area contributed by atoms with Crippen LogP contribution < -0.4 is 10.0 Å². The van der Waals surface area contributed by atoms with Crippen LogP contribution in [0.5, 0.6) is 0 Å².